The van der Waals surface area contributed by atoms with Crippen LogP contribution in [-0.2, 0) is 0 Å². The first kappa shape index (κ1) is 31.9. The highest BCUT2D eigenvalue weighted by atomic mass is 15.0. The Labute approximate surface area is 324 Å². The summed E-state index contributed by atoms with van der Waals surface area (Å²) in [6.45, 7) is 0. The summed E-state index contributed by atoms with van der Waals surface area (Å²) in [7, 11) is 0. The van der Waals surface area contributed by atoms with Crippen LogP contribution in [0.2, 0.25) is 0 Å². The van der Waals surface area contributed by atoms with Gasteiger partial charge in [0.1, 0.15) is 0 Å². The van der Waals surface area contributed by atoms with E-state index in [0.29, 0.717) is 0 Å². The van der Waals surface area contributed by atoms with E-state index in [1.807, 2.05) is 24.4 Å². The maximum Gasteiger partial charge on any atom is 0.0963 e. The van der Waals surface area contributed by atoms with Crippen LogP contribution in [0.15, 0.2) is 206 Å². The highest BCUT2D eigenvalue weighted by Gasteiger charge is 2.19. The van der Waals surface area contributed by atoms with Crippen LogP contribution in [0.1, 0.15) is 0 Å². The third-order valence-electron chi connectivity index (χ3n) is 10.9. The zero-order chi connectivity index (χ0) is 37.0. The van der Waals surface area contributed by atoms with Crippen LogP contribution in [-0.4, -0.2) is 19.1 Å². The average Bonchev–Trinajstić information content (AvgIpc) is 3.80. The number of hydrogen-bond acceptors (Lipinski definition) is 2. The predicted molar refractivity (Wildman–Crippen MR) is 232 cm³/mol. The first-order valence-electron chi connectivity index (χ1n) is 19.0. The molecule has 0 radical (unpaired) electrons. The molecule has 0 amide bonds. The molecule has 4 aromatic heterocycles. The molecule has 262 valence electrons. The standard InChI is InChI=1S/C52H34N4/c1-4-15-35(16-5-1)46-33-39(34-47(54-46)36-17-6-2-7-18-36)37-19-12-22-41(31-37)55-49-29-28-38(32-45(49)51-50(55)27-14-30-53-51)42-24-13-25-44-43-23-10-11-26-48(43)56(52(42)44)40-20-8-3-9-21-40/h1-34H. The van der Waals surface area contributed by atoms with Crippen LogP contribution in [0.3, 0.4) is 0 Å². The highest BCUT2D eigenvalue weighted by molar-refractivity contribution is 6.15. The summed E-state index contributed by atoms with van der Waals surface area (Å²) in [5, 5.41) is 3.60. The number of rotatable bonds is 6. The normalized spacial score (nSPS) is 11.6. The molecule has 4 heterocycles. The van der Waals surface area contributed by atoms with Gasteiger partial charge < -0.3 is 9.13 Å². The van der Waals surface area contributed by atoms with Crippen molar-refractivity contribution in [3.63, 3.8) is 0 Å². The Bertz CT molecular complexity index is 3170. The Morgan fingerprint density at radius 3 is 1.71 bits per heavy atom. The number of aromatic nitrogens is 4. The fraction of sp³-hybridized carbons (Fsp3) is 0. The van der Waals surface area contributed by atoms with Crippen molar-refractivity contribution in [2.45, 2.75) is 0 Å². The molecule has 0 bridgehead atoms. The van der Waals surface area contributed by atoms with Gasteiger partial charge in [0.25, 0.3) is 0 Å². The lowest BCUT2D eigenvalue weighted by Crippen LogP contribution is -1.96. The van der Waals surface area contributed by atoms with Crippen molar-refractivity contribution in [3.8, 4) is 56.1 Å². The zero-order valence-electron chi connectivity index (χ0n) is 30.4. The van der Waals surface area contributed by atoms with E-state index in [0.717, 1.165) is 72.5 Å². The zero-order valence-corrected chi connectivity index (χ0v) is 30.4. The molecule has 0 aliphatic heterocycles. The molecule has 0 aliphatic carbocycles. The smallest absolute Gasteiger partial charge is 0.0963 e. The molecule has 11 rings (SSSR count). The third kappa shape index (κ3) is 5.23. The van der Waals surface area contributed by atoms with Gasteiger partial charge in [0.2, 0.25) is 0 Å². The van der Waals surface area contributed by atoms with Gasteiger partial charge in [-0.05, 0) is 83.4 Å². The molecule has 4 nitrogen and oxygen atoms in total. The van der Waals surface area contributed by atoms with Crippen LogP contribution in [0.4, 0.5) is 0 Å². The first-order valence-corrected chi connectivity index (χ1v) is 19.0. The molecular formula is C52H34N4. The molecule has 7 aromatic carbocycles. The first-order chi connectivity index (χ1) is 27.8. The van der Waals surface area contributed by atoms with Crippen molar-refractivity contribution in [3.05, 3.63) is 206 Å². The monoisotopic (exact) mass is 714 g/mol. The van der Waals surface area contributed by atoms with Crippen molar-refractivity contribution < 1.29 is 0 Å². The lowest BCUT2D eigenvalue weighted by Gasteiger charge is -2.13. The number of pyridine rings is 2. The molecule has 0 N–H and O–H groups in total. The van der Waals surface area contributed by atoms with E-state index in [1.54, 1.807) is 0 Å². The van der Waals surface area contributed by atoms with Crippen LogP contribution < -0.4 is 0 Å². The summed E-state index contributed by atoms with van der Waals surface area (Å²) in [4.78, 5) is 10.1. The van der Waals surface area contributed by atoms with E-state index in [-0.39, 0.29) is 0 Å². The lowest BCUT2D eigenvalue weighted by molar-refractivity contribution is 1.17. The largest absolute Gasteiger partial charge is 0.309 e. The molecule has 56 heavy (non-hydrogen) atoms. The highest BCUT2D eigenvalue weighted by Crippen LogP contribution is 2.41. The summed E-state index contributed by atoms with van der Waals surface area (Å²) in [6, 6.07) is 71.2. The van der Waals surface area contributed by atoms with Crippen molar-refractivity contribution in [1.29, 1.82) is 0 Å². The van der Waals surface area contributed by atoms with Crippen molar-refractivity contribution in [2.24, 2.45) is 0 Å². The van der Waals surface area contributed by atoms with Gasteiger partial charge in [0.05, 0.1) is 39.0 Å². The summed E-state index contributed by atoms with van der Waals surface area (Å²) in [5.41, 5.74) is 16.4. The van der Waals surface area contributed by atoms with Gasteiger partial charge in [-0.3, -0.25) is 4.98 Å². The van der Waals surface area contributed by atoms with Gasteiger partial charge in [-0.2, -0.15) is 0 Å². The second-order valence-corrected chi connectivity index (χ2v) is 14.2. The molecule has 4 heteroatoms. The molecule has 0 aliphatic rings. The second kappa shape index (κ2) is 13.1. The second-order valence-electron chi connectivity index (χ2n) is 14.2. The van der Waals surface area contributed by atoms with Gasteiger partial charge in [-0.15, -0.1) is 0 Å². The van der Waals surface area contributed by atoms with E-state index >= 15 is 0 Å². The summed E-state index contributed by atoms with van der Waals surface area (Å²) in [6.07, 6.45) is 1.90. The van der Waals surface area contributed by atoms with Gasteiger partial charge >= 0.3 is 0 Å². The summed E-state index contributed by atoms with van der Waals surface area (Å²) < 4.78 is 4.76. The Balaban J connectivity index is 1.09. The van der Waals surface area contributed by atoms with Crippen molar-refractivity contribution in [1.82, 2.24) is 19.1 Å². The van der Waals surface area contributed by atoms with E-state index in [4.69, 9.17) is 9.97 Å². The van der Waals surface area contributed by atoms with E-state index in [1.165, 1.54) is 27.4 Å². The maximum absolute atomic E-state index is 5.13. The van der Waals surface area contributed by atoms with Crippen LogP contribution >= 0.6 is 0 Å². The molecule has 0 spiro atoms. The van der Waals surface area contributed by atoms with Crippen molar-refractivity contribution in [2.75, 3.05) is 0 Å². The van der Waals surface area contributed by atoms with Gasteiger partial charge in [0.15, 0.2) is 0 Å². The van der Waals surface area contributed by atoms with Crippen LogP contribution in [0, 0.1) is 0 Å². The minimum Gasteiger partial charge on any atom is -0.309 e. The molecule has 11 aromatic rings. The SMILES string of the molecule is c1ccc(-c2cc(-c3cccc(-n4c5ccc(-c6cccc7c8ccccc8n(-c8ccccc8)c67)cc5c5ncccc54)c3)cc(-c3ccccc3)n2)cc1. The van der Waals surface area contributed by atoms with E-state index < -0.39 is 0 Å². The van der Waals surface area contributed by atoms with Gasteiger partial charge in [-0.1, -0.05) is 133 Å². The van der Waals surface area contributed by atoms with Crippen LogP contribution in [0.5, 0.6) is 0 Å². The van der Waals surface area contributed by atoms with Crippen molar-refractivity contribution >= 4 is 43.7 Å². The Hall–Kier alpha value is -7.56. The average molecular weight is 715 g/mol. The minimum atomic E-state index is 0.947. The molecule has 0 saturated carbocycles. The fourth-order valence-corrected chi connectivity index (χ4v) is 8.41. The minimum absolute atomic E-state index is 0.947. The van der Waals surface area contributed by atoms with Gasteiger partial charge in [-0.25, -0.2) is 4.98 Å². The topological polar surface area (TPSA) is 35.6 Å². The Morgan fingerprint density at radius 1 is 0.339 bits per heavy atom. The summed E-state index contributed by atoms with van der Waals surface area (Å²) >= 11 is 0. The quantitative estimate of drug-likeness (QED) is 0.172. The Morgan fingerprint density at radius 2 is 0.946 bits per heavy atom. The number of nitrogens with zero attached hydrogens (tertiary/aromatic N) is 4. The molecular weight excluding hydrogens is 681 g/mol. The number of hydrogen-bond donors (Lipinski definition) is 0. The molecule has 0 atom stereocenters. The van der Waals surface area contributed by atoms with Gasteiger partial charge in [0, 0.05) is 50.4 Å². The summed E-state index contributed by atoms with van der Waals surface area (Å²) in [5.74, 6) is 0. The third-order valence-corrected chi connectivity index (χ3v) is 10.9. The number of benzene rings is 7. The fourth-order valence-electron chi connectivity index (χ4n) is 8.41. The maximum atomic E-state index is 5.13. The Kier molecular flexibility index (Phi) is 7.46. The van der Waals surface area contributed by atoms with E-state index in [2.05, 4.69) is 191 Å². The molecule has 0 fully saturated rings. The lowest BCUT2D eigenvalue weighted by atomic mass is 9.99. The molecule has 0 saturated heterocycles. The van der Waals surface area contributed by atoms with Crippen LogP contribution in [0.25, 0.3) is 99.9 Å². The predicted octanol–water partition coefficient (Wildman–Crippen LogP) is 13.3. The van der Waals surface area contributed by atoms with E-state index in [9.17, 15) is 0 Å². The number of fused-ring (bicyclic) bond motifs is 6. The number of para-hydroxylation sites is 3. The molecule has 0 unspecified atom stereocenters.